The SMILES string of the molecule is C[C@H]1OC(OCCc2nccc3c2[nH]c2ccccc23)C[C@@H](N(C)C)[C@@H]1O. The number of nitrogens with one attached hydrogen (secondary N) is 1. The van der Waals surface area contributed by atoms with Crippen molar-refractivity contribution in [2.75, 3.05) is 20.7 Å². The quantitative estimate of drug-likeness (QED) is 0.724. The van der Waals surface area contributed by atoms with E-state index in [1.165, 1.54) is 10.8 Å². The van der Waals surface area contributed by atoms with Crippen LogP contribution in [0.5, 0.6) is 0 Å². The summed E-state index contributed by atoms with van der Waals surface area (Å²) in [7, 11) is 3.95. The van der Waals surface area contributed by atoms with Gasteiger partial charge in [-0.15, -0.1) is 0 Å². The van der Waals surface area contributed by atoms with Crippen LogP contribution in [0, 0.1) is 0 Å². The van der Waals surface area contributed by atoms with Crippen molar-refractivity contribution in [3.63, 3.8) is 0 Å². The number of rotatable bonds is 5. The molecule has 0 spiro atoms. The van der Waals surface area contributed by atoms with E-state index in [1.54, 1.807) is 0 Å². The number of likely N-dealkylation sites (N-methyl/N-ethyl adjacent to an activating group) is 1. The number of hydrogen-bond acceptors (Lipinski definition) is 5. The molecule has 2 N–H and O–H groups in total. The molecule has 3 heterocycles. The number of para-hydroxylation sites is 1. The molecule has 1 aliphatic rings. The smallest absolute Gasteiger partial charge is 0.159 e. The van der Waals surface area contributed by atoms with E-state index in [-0.39, 0.29) is 18.4 Å². The Hall–Kier alpha value is -1.99. The molecule has 0 amide bonds. The number of nitrogens with zero attached hydrogens (tertiary/aromatic N) is 2. The number of H-pyrrole nitrogens is 1. The van der Waals surface area contributed by atoms with Crippen LogP contribution in [0.4, 0.5) is 0 Å². The first kappa shape index (κ1) is 18.4. The van der Waals surface area contributed by atoms with E-state index in [4.69, 9.17) is 9.47 Å². The zero-order valence-electron chi connectivity index (χ0n) is 16.1. The van der Waals surface area contributed by atoms with Crippen LogP contribution < -0.4 is 0 Å². The molecule has 1 saturated heterocycles. The lowest BCUT2D eigenvalue weighted by molar-refractivity contribution is -0.233. The third-order valence-electron chi connectivity index (χ3n) is 5.49. The van der Waals surface area contributed by atoms with Crippen LogP contribution in [0.3, 0.4) is 0 Å². The lowest BCUT2D eigenvalue weighted by Crippen LogP contribution is -2.53. The molecular weight excluding hydrogens is 342 g/mol. The highest BCUT2D eigenvalue weighted by Crippen LogP contribution is 2.27. The van der Waals surface area contributed by atoms with Crippen molar-refractivity contribution in [1.29, 1.82) is 0 Å². The van der Waals surface area contributed by atoms with Crippen LogP contribution in [0.15, 0.2) is 36.5 Å². The Kier molecular flexibility index (Phi) is 5.14. The topological polar surface area (TPSA) is 70.6 Å². The average molecular weight is 369 g/mol. The Morgan fingerprint density at radius 2 is 2.07 bits per heavy atom. The lowest BCUT2D eigenvalue weighted by Gasteiger charge is -2.40. The number of benzene rings is 1. The standard InChI is InChI=1S/C21H27N3O3/c1-13-21(25)18(24(2)3)12-19(27-13)26-11-9-17-20-15(8-10-22-17)14-6-4-5-7-16(14)23-20/h4-8,10,13,18-19,21,23,25H,9,11-12H2,1-3H3/t13-,18-,19?,21-/m1/s1. The zero-order chi connectivity index (χ0) is 19.0. The summed E-state index contributed by atoms with van der Waals surface area (Å²) in [6, 6.07) is 10.4. The van der Waals surface area contributed by atoms with Crippen LogP contribution in [-0.2, 0) is 15.9 Å². The molecule has 0 bridgehead atoms. The molecule has 6 heteroatoms. The minimum absolute atomic E-state index is 0.0361. The van der Waals surface area contributed by atoms with Crippen molar-refractivity contribution in [2.24, 2.45) is 0 Å². The lowest BCUT2D eigenvalue weighted by atomic mass is 9.99. The number of aliphatic hydroxyl groups is 1. The molecule has 3 aromatic rings. The molecule has 4 rings (SSSR count). The average Bonchev–Trinajstić information content (AvgIpc) is 3.04. The molecule has 27 heavy (non-hydrogen) atoms. The summed E-state index contributed by atoms with van der Waals surface area (Å²) in [6.45, 7) is 2.42. The molecule has 0 radical (unpaired) electrons. The van der Waals surface area contributed by atoms with Crippen LogP contribution in [0.1, 0.15) is 19.0 Å². The van der Waals surface area contributed by atoms with Crippen molar-refractivity contribution in [2.45, 2.75) is 44.3 Å². The van der Waals surface area contributed by atoms with E-state index in [1.807, 2.05) is 44.2 Å². The summed E-state index contributed by atoms with van der Waals surface area (Å²) in [5.41, 5.74) is 3.19. The molecule has 1 unspecified atom stereocenters. The highest BCUT2D eigenvalue weighted by atomic mass is 16.7. The fourth-order valence-electron chi connectivity index (χ4n) is 3.96. The predicted octanol–water partition coefficient (Wildman–Crippen LogP) is 2.70. The molecule has 1 fully saturated rings. The molecule has 1 aliphatic heterocycles. The first-order valence-electron chi connectivity index (χ1n) is 9.50. The minimum atomic E-state index is -0.499. The van der Waals surface area contributed by atoms with Gasteiger partial charge in [-0.3, -0.25) is 4.98 Å². The van der Waals surface area contributed by atoms with Gasteiger partial charge in [0.15, 0.2) is 6.29 Å². The maximum Gasteiger partial charge on any atom is 0.159 e. The molecule has 144 valence electrons. The van der Waals surface area contributed by atoms with Gasteiger partial charge in [-0.05, 0) is 33.2 Å². The Morgan fingerprint density at radius 3 is 2.89 bits per heavy atom. The number of aromatic nitrogens is 2. The van der Waals surface area contributed by atoms with Crippen LogP contribution >= 0.6 is 0 Å². The Morgan fingerprint density at radius 1 is 1.26 bits per heavy atom. The second kappa shape index (κ2) is 7.56. The van der Waals surface area contributed by atoms with E-state index in [2.05, 4.69) is 28.2 Å². The van der Waals surface area contributed by atoms with Gasteiger partial charge in [-0.25, -0.2) is 0 Å². The summed E-state index contributed by atoms with van der Waals surface area (Å²) in [5, 5.41) is 12.7. The van der Waals surface area contributed by atoms with Gasteiger partial charge in [-0.1, -0.05) is 18.2 Å². The second-order valence-corrected chi connectivity index (χ2v) is 7.50. The molecule has 6 nitrogen and oxygen atoms in total. The summed E-state index contributed by atoms with van der Waals surface area (Å²) in [4.78, 5) is 10.1. The molecule has 0 aliphatic carbocycles. The fraction of sp³-hybridized carbons (Fsp3) is 0.476. The first-order chi connectivity index (χ1) is 13.0. The summed E-state index contributed by atoms with van der Waals surface area (Å²) >= 11 is 0. The van der Waals surface area contributed by atoms with Crippen molar-refractivity contribution in [3.8, 4) is 0 Å². The van der Waals surface area contributed by atoms with Crippen LogP contribution in [0.25, 0.3) is 21.8 Å². The maximum atomic E-state index is 10.3. The first-order valence-corrected chi connectivity index (χ1v) is 9.50. The molecule has 2 aromatic heterocycles. The van der Waals surface area contributed by atoms with E-state index in [0.717, 1.165) is 16.7 Å². The van der Waals surface area contributed by atoms with Gasteiger partial charge in [0.1, 0.15) is 0 Å². The van der Waals surface area contributed by atoms with Gasteiger partial charge in [0.05, 0.1) is 30.0 Å². The number of pyridine rings is 1. The molecular formula is C21H27N3O3. The van der Waals surface area contributed by atoms with Gasteiger partial charge in [0.2, 0.25) is 0 Å². The van der Waals surface area contributed by atoms with E-state index in [9.17, 15) is 5.11 Å². The van der Waals surface area contributed by atoms with Gasteiger partial charge in [0.25, 0.3) is 0 Å². The summed E-state index contributed by atoms with van der Waals surface area (Å²) < 4.78 is 11.8. The zero-order valence-corrected chi connectivity index (χ0v) is 16.1. The number of hydrogen-bond donors (Lipinski definition) is 2. The van der Waals surface area contributed by atoms with E-state index in [0.29, 0.717) is 19.4 Å². The largest absolute Gasteiger partial charge is 0.389 e. The van der Waals surface area contributed by atoms with E-state index < -0.39 is 6.10 Å². The predicted molar refractivity (Wildman–Crippen MR) is 106 cm³/mol. The van der Waals surface area contributed by atoms with E-state index >= 15 is 0 Å². The second-order valence-electron chi connectivity index (χ2n) is 7.50. The fourth-order valence-corrected chi connectivity index (χ4v) is 3.96. The number of aromatic amines is 1. The Bertz CT molecular complexity index is 923. The number of ether oxygens (including phenoxy) is 2. The van der Waals surface area contributed by atoms with Crippen molar-refractivity contribution in [1.82, 2.24) is 14.9 Å². The monoisotopic (exact) mass is 369 g/mol. The third-order valence-corrected chi connectivity index (χ3v) is 5.49. The number of fused-ring (bicyclic) bond motifs is 3. The van der Waals surface area contributed by atoms with Crippen molar-refractivity contribution < 1.29 is 14.6 Å². The van der Waals surface area contributed by atoms with Gasteiger partial charge in [0, 0.05) is 41.4 Å². The van der Waals surface area contributed by atoms with Gasteiger partial charge < -0.3 is 24.5 Å². The highest BCUT2D eigenvalue weighted by molar-refractivity contribution is 6.07. The molecule has 0 saturated carbocycles. The Labute approximate surface area is 159 Å². The summed E-state index contributed by atoms with van der Waals surface area (Å²) in [6.07, 6.45) is 2.16. The van der Waals surface area contributed by atoms with Gasteiger partial charge in [-0.2, -0.15) is 0 Å². The van der Waals surface area contributed by atoms with Crippen LogP contribution in [0.2, 0.25) is 0 Å². The van der Waals surface area contributed by atoms with Crippen LogP contribution in [-0.4, -0.2) is 65.2 Å². The van der Waals surface area contributed by atoms with Crippen molar-refractivity contribution in [3.05, 3.63) is 42.2 Å². The number of aliphatic hydroxyl groups excluding tert-OH is 1. The van der Waals surface area contributed by atoms with Gasteiger partial charge >= 0.3 is 0 Å². The molecule has 4 atom stereocenters. The molecule has 1 aromatic carbocycles. The minimum Gasteiger partial charge on any atom is -0.389 e. The van der Waals surface area contributed by atoms with Crippen molar-refractivity contribution >= 4 is 21.8 Å². The Balaban J connectivity index is 1.45. The highest BCUT2D eigenvalue weighted by Gasteiger charge is 2.36. The normalized spacial score (nSPS) is 26.3. The third kappa shape index (κ3) is 3.58. The maximum absolute atomic E-state index is 10.3. The summed E-state index contributed by atoms with van der Waals surface area (Å²) in [5.74, 6) is 0.